The minimum atomic E-state index is -1.05. The molecule has 2 saturated heterocycles. The predicted molar refractivity (Wildman–Crippen MR) is 221 cm³/mol. The molecular formula is C46H61N2O10+. The van der Waals surface area contributed by atoms with Gasteiger partial charge in [-0.2, -0.15) is 0 Å². The summed E-state index contributed by atoms with van der Waals surface area (Å²) in [5, 5.41) is 11.4. The first-order chi connectivity index (χ1) is 28.3. The molecule has 1 amide bonds. The molecule has 0 bridgehead atoms. The average molecular weight is 802 g/mol. The third-order valence-corrected chi connectivity index (χ3v) is 12.2. The van der Waals surface area contributed by atoms with Gasteiger partial charge < -0.3 is 38.3 Å². The number of quaternary nitrogens is 1. The van der Waals surface area contributed by atoms with Gasteiger partial charge in [-0.3, -0.25) is 4.90 Å². The van der Waals surface area contributed by atoms with Gasteiger partial charge in [0.15, 0.2) is 23.0 Å². The predicted octanol–water partition coefficient (Wildman–Crippen LogP) is 6.89. The molecule has 58 heavy (non-hydrogen) atoms. The van der Waals surface area contributed by atoms with Crippen LogP contribution in [0.5, 0.6) is 34.5 Å². The molecule has 314 valence electrons. The summed E-state index contributed by atoms with van der Waals surface area (Å²) in [6, 6.07) is 16.4. The van der Waals surface area contributed by atoms with Gasteiger partial charge in [0.1, 0.15) is 18.3 Å². The fourth-order valence-corrected chi connectivity index (χ4v) is 9.38. The lowest BCUT2D eigenvalue weighted by molar-refractivity contribution is -0.879. The number of carboxylic acid groups (broad SMARTS) is 1. The summed E-state index contributed by atoms with van der Waals surface area (Å²) in [5.74, 6) is 0.835. The third-order valence-electron chi connectivity index (χ3n) is 12.2. The van der Waals surface area contributed by atoms with Crippen LogP contribution in [0.3, 0.4) is 0 Å². The first-order valence-electron chi connectivity index (χ1n) is 20.6. The van der Waals surface area contributed by atoms with Crippen molar-refractivity contribution in [2.24, 2.45) is 5.92 Å². The van der Waals surface area contributed by atoms with Crippen molar-refractivity contribution in [3.63, 3.8) is 0 Å². The largest absolute Gasteiger partial charge is 0.493 e. The Kier molecular flexibility index (Phi) is 15.0. The lowest BCUT2D eigenvalue weighted by atomic mass is 9.75. The molecular weight excluding hydrogens is 741 g/mol. The van der Waals surface area contributed by atoms with Crippen molar-refractivity contribution in [1.29, 1.82) is 0 Å². The number of aryl methyl sites for hydroxylation is 1. The normalized spacial score (nSPS) is 22.7. The molecule has 1 N–H and O–H groups in total. The number of carbonyl (C=O) groups excluding carboxylic acids is 1. The fraction of sp³-hybridized carbons (Fsp3) is 0.522. The molecule has 3 aromatic rings. The lowest BCUT2D eigenvalue weighted by Gasteiger charge is -2.49. The quantitative estimate of drug-likeness (QED) is 0.107. The number of allylic oxidation sites excluding steroid dienone is 2. The Hall–Kier alpha value is -4.78. The zero-order valence-electron chi connectivity index (χ0n) is 34.8. The van der Waals surface area contributed by atoms with Crippen LogP contribution >= 0.6 is 0 Å². The molecule has 5 atom stereocenters. The Morgan fingerprint density at radius 2 is 1.60 bits per heavy atom. The van der Waals surface area contributed by atoms with E-state index in [1.807, 2.05) is 42.5 Å². The van der Waals surface area contributed by atoms with Gasteiger partial charge in [-0.25, -0.2) is 14.1 Å². The Labute approximate surface area is 343 Å². The number of hydrogen-bond donors (Lipinski definition) is 1. The Bertz CT molecular complexity index is 1850. The number of ether oxygens (including phenoxy) is 7. The first-order valence-corrected chi connectivity index (χ1v) is 20.6. The molecule has 3 aromatic carbocycles. The number of morpholine rings is 1. The SMILES string of the molecule is COc1ccc(C2CCC[N@@+](CCCc3cccc(OCCN4CCOCC4)c3)(C(=O)[C@H](c3cc(OC)c(OC)c(OC)c3)[C@@H]3C=CCCC3)[C@H]2C(=O)O)cc1OC. The monoisotopic (exact) mass is 801 g/mol. The van der Waals surface area contributed by atoms with Crippen molar-refractivity contribution in [2.45, 2.75) is 62.8 Å². The van der Waals surface area contributed by atoms with Crippen LogP contribution in [0.15, 0.2) is 66.7 Å². The molecule has 0 radical (unpaired) electrons. The summed E-state index contributed by atoms with van der Waals surface area (Å²) < 4.78 is 39.9. The first kappa shape index (κ1) is 42.8. The number of rotatable bonds is 18. The van der Waals surface area contributed by atoms with E-state index < -0.39 is 23.8 Å². The number of benzene rings is 3. The lowest BCUT2D eigenvalue weighted by Crippen LogP contribution is -2.68. The number of piperidine rings is 1. The Morgan fingerprint density at radius 3 is 2.26 bits per heavy atom. The van der Waals surface area contributed by atoms with Gasteiger partial charge in [0.05, 0.1) is 61.9 Å². The minimum absolute atomic E-state index is 0.108. The molecule has 2 aliphatic heterocycles. The van der Waals surface area contributed by atoms with Gasteiger partial charge >= 0.3 is 11.9 Å². The highest BCUT2D eigenvalue weighted by molar-refractivity contribution is 5.84. The Balaban J connectivity index is 1.38. The highest BCUT2D eigenvalue weighted by Gasteiger charge is 2.57. The molecule has 0 aromatic heterocycles. The van der Waals surface area contributed by atoms with Crippen molar-refractivity contribution >= 4 is 11.9 Å². The molecule has 12 nitrogen and oxygen atoms in total. The van der Waals surface area contributed by atoms with Gasteiger partial charge in [0.2, 0.25) is 11.8 Å². The van der Waals surface area contributed by atoms with Crippen LogP contribution in [0.4, 0.5) is 0 Å². The van der Waals surface area contributed by atoms with Crippen LogP contribution in [-0.4, -0.2) is 121 Å². The highest BCUT2D eigenvalue weighted by Crippen LogP contribution is 2.48. The summed E-state index contributed by atoms with van der Waals surface area (Å²) in [7, 11) is 7.84. The molecule has 0 spiro atoms. The van der Waals surface area contributed by atoms with Crippen molar-refractivity contribution in [2.75, 3.05) is 88.1 Å². The highest BCUT2D eigenvalue weighted by atomic mass is 16.5. The smallest absolute Gasteiger partial charge is 0.363 e. The van der Waals surface area contributed by atoms with Crippen LogP contribution in [0.1, 0.15) is 67.1 Å². The van der Waals surface area contributed by atoms with Crippen molar-refractivity contribution in [3.05, 3.63) is 83.4 Å². The van der Waals surface area contributed by atoms with E-state index in [4.69, 9.17) is 33.2 Å². The molecule has 1 aliphatic carbocycles. The standard InChI is InChI=1S/C46H60N2O10/c1-52-38-19-18-34(29-39(38)53-2)37-17-11-24-48(43(37)46(50)51,23-10-13-32-12-9-16-36(28-32)58-27-22-47-20-25-57-26-21-47)45(49)42(33-14-7-6-8-15-33)35-30-40(54-3)44(56-5)41(31-35)55-4/h7,9,12,14,16,18-19,28-31,33,37,42-43H,6,8,10-11,13,15,17,20-27H2,1-5H3/p+1/t33-,37?,42+,43-,48-/m1/s1. The molecule has 1 unspecified atom stereocenters. The van der Waals surface area contributed by atoms with E-state index >= 15 is 4.79 Å². The zero-order valence-corrected chi connectivity index (χ0v) is 34.8. The van der Waals surface area contributed by atoms with Crippen LogP contribution in [0, 0.1) is 5.92 Å². The Morgan fingerprint density at radius 1 is 0.862 bits per heavy atom. The van der Waals surface area contributed by atoms with Gasteiger partial charge in [0, 0.05) is 32.0 Å². The van der Waals surface area contributed by atoms with Crippen LogP contribution in [0.2, 0.25) is 0 Å². The van der Waals surface area contributed by atoms with E-state index in [-0.39, 0.29) is 16.3 Å². The summed E-state index contributed by atoms with van der Waals surface area (Å²) in [6.45, 7) is 5.46. The van der Waals surface area contributed by atoms with E-state index in [1.54, 1.807) is 35.5 Å². The van der Waals surface area contributed by atoms with Crippen molar-refractivity contribution in [1.82, 2.24) is 4.90 Å². The number of carboxylic acids is 1. The molecule has 3 aliphatic rings. The maximum absolute atomic E-state index is 16.0. The van der Waals surface area contributed by atoms with E-state index in [0.29, 0.717) is 79.7 Å². The van der Waals surface area contributed by atoms with Crippen LogP contribution in [-0.2, 0) is 20.7 Å². The van der Waals surface area contributed by atoms with E-state index in [2.05, 4.69) is 29.2 Å². The number of likely N-dealkylation sites (tertiary alicyclic amines) is 1. The van der Waals surface area contributed by atoms with Crippen LogP contribution in [0.25, 0.3) is 0 Å². The summed E-state index contributed by atoms with van der Waals surface area (Å²) >= 11 is 0. The van der Waals surface area contributed by atoms with Crippen LogP contribution < -0.4 is 28.4 Å². The van der Waals surface area contributed by atoms with Gasteiger partial charge in [0.25, 0.3) is 0 Å². The number of methoxy groups -OCH3 is 5. The molecule has 2 fully saturated rings. The number of carbonyl (C=O) groups is 2. The maximum atomic E-state index is 16.0. The van der Waals surface area contributed by atoms with E-state index in [1.165, 1.54) is 0 Å². The second kappa shape index (κ2) is 20.3. The zero-order chi connectivity index (χ0) is 41.1. The summed E-state index contributed by atoms with van der Waals surface area (Å²) in [5.41, 5.74) is 2.60. The molecule has 12 heteroatoms. The second-order valence-electron chi connectivity index (χ2n) is 15.5. The number of aliphatic carboxylic acids is 1. The molecule has 0 saturated carbocycles. The summed E-state index contributed by atoms with van der Waals surface area (Å²) in [6.07, 6.45) is 9.46. The second-order valence-corrected chi connectivity index (χ2v) is 15.5. The molecule has 6 rings (SSSR count). The van der Waals surface area contributed by atoms with Gasteiger partial charge in [-0.1, -0.05) is 30.4 Å². The average Bonchev–Trinajstić information content (AvgIpc) is 3.26. The number of amides is 1. The maximum Gasteiger partial charge on any atom is 0.363 e. The van der Waals surface area contributed by atoms with Crippen molar-refractivity contribution in [3.8, 4) is 34.5 Å². The summed E-state index contributed by atoms with van der Waals surface area (Å²) in [4.78, 5) is 32.3. The van der Waals surface area contributed by atoms with Gasteiger partial charge in [-0.15, -0.1) is 0 Å². The van der Waals surface area contributed by atoms with Gasteiger partial charge in [-0.05, 0) is 97.5 Å². The molecule has 2 heterocycles. The minimum Gasteiger partial charge on any atom is -0.493 e. The van der Waals surface area contributed by atoms with Crippen molar-refractivity contribution < 1.29 is 52.3 Å². The van der Waals surface area contributed by atoms with E-state index in [0.717, 1.165) is 69.0 Å². The van der Waals surface area contributed by atoms with E-state index in [9.17, 15) is 9.90 Å². The topological polar surface area (TPSA) is 122 Å². The third kappa shape index (κ3) is 9.56. The number of hydrogen-bond acceptors (Lipinski definition) is 10. The fourth-order valence-electron chi connectivity index (χ4n) is 9.38. The number of nitrogens with zero attached hydrogens (tertiary/aromatic N) is 2.